The van der Waals surface area contributed by atoms with E-state index in [1.54, 1.807) is 0 Å². The van der Waals surface area contributed by atoms with Crippen molar-refractivity contribution in [3.63, 3.8) is 0 Å². The highest BCUT2D eigenvalue weighted by molar-refractivity contribution is 6.28. The molecule has 1 aliphatic rings. The van der Waals surface area contributed by atoms with Crippen LogP contribution < -0.4 is 5.32 Å². The molecule has 0 bridgehead atoms. The lowest BCUT2D eigenvalue weighted by Crippen LogP contribution is -2.43. The number of aromatic nitrogens is 2. The minimum Gasteiger partial charge on any atom is -0.374 e. The maximum absolute atomic E-state index is 12.6. The molecule has 112 valence electrons. The van der Waals surface area contributed by atoms with Gasteiger partial charge in [-0.05, 0) is 18.6 Å². The van der Waals surface area contributed by atoms with E-state index in [0.717, 1.165) is 12.6 Å². The van der Waals surface area contributed by atoms with Crippen molar-refractivity contribution in [3.8, 4) is 0 Å². The van der Waals surface area contributed by atoms with Crippen LogP contribution in [-0.4, -0.2) is 54.3 Å². The standard InChI is InChI=1S/C11H14ClF3N4O/c1-19-2-3-20-7(6-19)5-16-9-4-8(11(13,14)15)17-10(12)18-9/h4,7H,2-3,5-6H2,1H3,(H,16,17,18). The number of alkyl halides is 3. The molecular weight excluding hydrogens is 297 g/mol. The monoisotopic (exact) mass is 310 g/mol. The summed E-state index contributed by atoms with van der Waals surface area (Å²) in [6, 6.07) is 0.832. The SMILES string of the molecule is CN1CCOC(CNc2cc(C(F)(F)F)nc(Cl)n2)C1. The van der Waals surface area contributed by atoms with Gasteiger partial charge in [0.05, 0.1) is 12.7 Å². The number of morpholine rings is 1. The third-order valence-electron chi connectivity index (χ3n) is 2.84. The van der Waals surface area contributed by atoms with Crippen LogP contribution in [0.5, 0.6) is 0 Å². The Hall–Kier alpha value is -1.12. The molecule has 0 amide bonds. The number of anilines is 1. The molecule has 1 aliphatic heterocycles. The van der Waals surface area contributed by atoms with Gasteiger partial charge in [0.1, 0.15) is 5.82 Å². The molecule has 0 aromatic carbocycles. The summed E-state index contributed by atoms with van der Waals surface area (Å²) in [5.74, 6) is 0.0363. The molecule has 5 nitrogen and oxygen atoms in total. The molecule has 1 saturated heterocycles. The molecule has 0 saturated carbocycles. The highest BCUT2D eigenvalue weighted by Crippen LogP contribution is 2.29. The third-order valence-corrected chi connectivity index (χ3v) is 3.01. The number of rotatable bonds is 3. The first-order valence-corrected chi connectivity index (χ1v) is 6.38. The molecule has 1 aromatic rings. The molecular formula is C11H14ClF3N4O. The largest absolute Gasteiger partial charge is 0.433 e. The molecule has 0 aliphatic carbocycles. The molecule has 0 radical (unpaired) electrons. The second-order valence-corrected chi connectivity index (χ2v) is 4.88. The lowest BCUT2D eigenvalue weighted by molar-refractivity contribution is -0.141. The van der Waals surface area contributed by atoms with E-state index in [1.807, 2.05) is 7.05 Å². The fraction of sp³-hybridized carbons (Fsp3) is 0.636. The predicted molar refractivity (Wildman–Crippen MR) is 67.8 cm³/mol. The zero-order valence-electron chi connectivity index (χ0n) is 10.7. The molecule has 1 atom stereocenters. The van der Waals surface area contributed by atoms with E-state index in [1.165, 1.54) is 0 Å². The van der Waals surface area contributed by atoms with E-state index >= 15 is 0 Å². The maximum atomic E-state index is 12.6. The van der Waals surface area contributed by atoms with Crippen molar-refractivity contribution in [3.05, 3.63) is 17.0 Å². The third kappa shape index (κ3) is 4.19. The summed E-state index contributed by atoms with van der Waals surface area (Å²) in [5.41, 5.74) is -1.07. The molecule has 1 unspecified atom stereocenters. The number of hydrogen-bond donors (Lipinski definition) is 1. The summed E-state index contributed by atoms with van der Waals surface area (Å²) >= 11 is 5.50. The smallest absolute Gasteiger partial charge is 0.374 e. The molecule has 9 heteroatoms. The molecule has 1 fully saturated rings. The Bertz CT molecular complexity index is 471. The van der Waals surface area contributed by atoms with E-state index in [-0.39, 0.29) is 11.9 Å². The molecule has 2 rings (SSSR count). The fourth-order valence-electron chi connectivity index (χ4n) is 1.86. The van der Waals surface area contributed by atoms with Gasteiger partial charge in [-0.1, -0.05) is 0 Å². The highest BCUT2D eigenvalue weighted by atomic mass is 35.5. The van der Waals surface area contributed by atoms with Crippen molar-refractivity contribution in [2.75, 3.05) is 38.6 Å². The van der Waals surface area contributed by atoms with E-state index in [4.69, 9.17) is 16.3 Å². The Morgan fingerprint density at radius 2 is 2.25 bits per heavy atom. The van der Waals surface area contributed by atoms with Gasteiger partial charge in [0.15, 0.2) is 5.69 Å². The first-order chi connectivity index (χ1) is 9.34. The van der Waals surface area contributed by atoms with Crippen molar-refractivity contribution in [1.82, 2.24) is 14.9 Å². The number of hydrogen-bond acceptors (Lipinski definition) is 5. The van der Waals surface area contributed by atoms with Gasteiger partial charge in [-0.2, -0.15) is 13.2 Å². The Labute approximate surface area is 119 Å². The van der Waals surface area contributed by atoms with E-state index in [2.05, 4.69) is 20.2 Å². The number of nitrogens with one attached hydrogen (secondary N) is 1. The normalized spacial score (nSPS) is 20.9. The van der Waals surface area contributed by atoms with Crippen LogP contribution in [0.25, 0.3) is 0 Å². The minimum atomic E-state index is -4.55. The summed E-state index contributed by atoms with van der Waals surface area (Å²) < 4.78 is 43.3. The van der Waals surface area contributed by atoms with Gasteiger partial charge < -0.3 is 15.0 Å². The van der Waals surface area contributed by atoms with Crippen molar-refractivity contribution < 1.29 is 17.9 Å². The first-order valence-electron chi connectivity index (χ1n) is 6.00. The Balaban J connectivity index is 2.00. The van der Waals surface area contributed by atoms with Crippen LogP contribution >= 0.6 is 11.6 Å². The van der Waals surface area contributed by atoms with Gasteiger partial charge in [-0.15, -0.1) is 0 Å². The average molecular weight is 311 g/mol. The van der Waals surface area contributed by atoms with E-state index in [0.29, 0.717) is 19.7 Å². The highest BCUT2D eigenvalue weighted by Gasteiger charge is 2.33. The van der Waals surface area contributed by atoms with Crippen LogP contribution in [0, 0.1) is 0 Å². The Kier molecular flexibility index (Phi) is 4.66. The number of ether oxygens (including phenoxy) is 1. The van der Waals surface area contributed by atoms with Gasteiger partial charge in [-0.25, -0.2) is 9.97 Å². The molecule has 1 N–H and O–H groups in total. The maximum Gasteiger partial charge on any atom is 0.433 e. The second kappa shape index (κ2) is 6.11. The summed E-state index contributed by atoms with van der Waals surface area (Å²) in [5, 5.41) is 2.36. The van der Waals surface area contributed by atoms with Crippen LogP contribution in [0.3, 0.4) is 0 Å². The van der Waals surface area contributed by atoms with Crippen LogP contribution in [0.1, 0.15) is 5.69 Å². The average Bonchev–Trinajstić information content (AvgIpc) is 2.35. The van der Waals surface area contributed by atoms with Gasteiger partial charge >= 0.3 is 6.18 Å². The summed E-state index contributed by atoms with van der Waals surface area (Å²) in [7, 11) is 1.96. The van der Waals surface area contributed by atoms with Gasteiger partial charge in [-0.3, -0.25) is 0 Å². The van der Waals surface area contributed by atoms with Crippen molar-refractivity contribution in [2.45, 2.75) is 12.3 Å². The van der Waals surface area contributed by atoms with Crippen LogP contribution in [0.2, 0.25) is 5.28 Å². The lowest BCUT2D eigenvalue weighted by Gasteiger charge is -2.30. The zero-order chi connectivity index (χ0) is 14.8. The number of nitrogens with zero attached hydrogens (tertiary/aromatic N) is 3. The molecule has 2 heterocycles. The fourth-order valence-corrected chi connectivity index (χ4v) is 2.04. The first kappa shape index (κ1) is 15.3. The Morgan fingerprint density at radius 1 is 1.50 bits per heavy atom. The predicted octanol–water partition coefficient (Wildman–Crippen LogP) is 1.89. The van der Waals surface area contributed by atoms with Crippen molar-refractivity contribution >= 4 is 17.4 Å². The summed E-state index contributed by atoms with van der Waals surface area (Å²) in [6.07, 6.45) is -4.65. The van der Waals surface area contributed by atoms with E-state index < -0.39 is 17.2 Å². The summed E-state index contributed by atoms with van der Waals surface area (Å²) in [4.78, 5) is 8.97. The number of halogens is 4. The quantitative estimate of drug-likeness (QED) is 0.864. The summed E-state index contributed by atoms with van der Waals surface area (Å²) in [6.45, 7) is 2.50. The van der Waals surface area contributed by atoms with Crippen molar-refractivity contribution in [1.29, 1.82) is 0 Å². The molecule has 0 spiro atoms. The van der Waals surface area contributed by atoms with Crippen LogP contribution in [-0.2, 0) is 10.9 Å². The topological polar surface area (TPSA) is 50.3 Å². The zero-order valence-corrected chi connectivity index (χ0v) is 11.5. The lowest BCUT2D eigenvalue weighted by atomic mass is 10.3. The van der Waals surface area contributed by atoms with Crippen LogP contribution in [0.4, 0.5) is 19.0 Å². The van der Waals surface area contributed by atoms with Gasteiger partial charge in [0, 0.05) is 25.7 Å². The van der Waals surface area contributed by atoms with E-state index in [9.17, 15) is 13.2 Å². The minimum absolute atomic E-state index is 0.0363. The van der Waals surface area contributed by atoms with Crippen molar-refractivity contribution in [2.24, 2.45) is 0 Å². The molecule has 20 heavy (non-hydrogen) atoms. The van der Waals surface area contributed by atoms with Gasteiger partial charge in [0.2, 0.25) is 5.28 Å². The molecule has 1 aromatic heterocycles. The van der Waals surface area contributed by atoms with Gasteiger partial charge in [0.25, 0.3) is 0 Å². The van der Waals surface area contributed by atoms with Crippen LogP contribution in [0.15, 0.2) is 6.07 Å². The number of likely N-dealkylation sites (N-methyl/N-ethyl adjacent to an activating group) is 1. The second-order valence-electron chi connectivity index (χ2n) is 4.54. The Morgan fingerprint density at radius 3 is 2.90 bits per heavy atom.